The van der Waals surface area contributed by atoms with Gasteiger partial charge in [0.15, 0.2) is 6.61 Å². The number of hydrogen-bond acceptors (Lipinski definition) is 4. The Morgan fingerprint density at radius 2 is 1.74 bits per heavy atom. The molecule has 0 unspecified atom stereocenters. The first-order valence-corrected chi connectivity index (χ1v) is 11.2. The smallest absolute Gasteiger partial charge is 0.261 e. The van der Waals surface area contributed by atoms with Gasteiger partial charge in [-0.15, -0.1) is 0 Å². The summed E-state index contributed by atoms with van der Waals surface area (Å²) in [4.78, 5) is 27.6. The Bertz CT molecular complexity index is 884. The van der Waals surface area contributed by atoms with Crippen LogP contribution in [-0.2, 0) is 16.1 Å². The van der Waals surface area contributed by atoms with E-state index in [2.05, 4.69) is 21.2 Å². The van der Waals surface area contributed by atoms with E-state index < -0.39 is 6.04 Å². The van der Waals surface area contributed by atoms with Crippen molar-refractivity contribution in [2.75, 3.05) is 13.7 Å². The van der Waals surface area contributed by atoms with Gasteiger partial charge in [-0.05, 0) is 68.7 Å². The second-order valence-corrected chi connectivity index (χ2v) is 8.51. The first-order valence-electron chi connectivity index (χ1n) is 10.4. The highest BCUT2D eigenvalue weighted by Gasteiger charge is 2.29. The Morgan fingerprint density at radius 3 is 2.29 bits per heavy atom. The topological polar surface area (TPSA) is 67.9 Å². The molecule has 1 atom stereocenters. The van der Waals surface area contributed by atoms with Crippen molar-refractivity contribution in [2.45, 2.75) is 52.7 Å². The number of rotatable bonds is 10. The van der Waals surface area contributed by atoms with E-state index in [0.717, 1.165) is 21.3 Å². The van der Waals surface area contributed by atoms with Crippen LogP contribution in [0.3, 0.4) is 0 Å². The molecule has 0 aliphatic heterocycles. The highest BCUT2D eigenvalue weighted by molar-refractivity contribution is 9.10. The number of nitrogens with zero attached hydrogens (tertiary/aromatic N) is 1. The van der Waals surface area contributed by atoms with Crippen molar-refractivity contribution in [2.24, 2.45) is 0 Å². The van der Waals surface area contributed by atoms with E-state index in [-0.39, 0.29) is 24.5 Å². The number of halogens is 1. The van der Waals surface area contributed by atoms with Gasteiger partial charge in [-0.2, -0.15) is 0 Å². The predicted molar refractivity (Wildman–Crippen MR) is 125 cm³/mol. The molecule has 0 bridgehead atoms. The van der Waals surface area contributed by atoms with Gasteiger partial charge in [0, 0.05) is 17.1 Å². The monoisotopic (exact) mass is 490 g/mol. The van der Waals surface area contributed by atoms with E-state index in [1.807, 2.05) is 64.1 Å². The summed E-state index contributed by atoms with van der Waals surface area (Å²) in [5, 5.41) is 2.92. The number of methoxy groups -OCH3 is 1. The Labute approximate surface area is 193 Å². The van der Waals surface area contributed by atoms with Crippen LogP contribution >= 0.6 is 15.9 Å². The molecule has 2 aromatic rings. The Morgan fingerprint density at radius 1 is 1.10 bits per heavy atom. The van der Waals surface area contributed by atoms with Crippen LogP contribution in [0.1, 0.15) is 38.3 Å². The Balaban J connectivity index is 2.21. The molecule has 1 N–H and O–H groups in total. The van der Waals surface area contributed by atoms with Gasteiger partial charge in [0.1, 0.15) is 17.5 Å². The SMILES string of the molecule is CC[C@H](C(=O)NC(C)C)N(Cc1ccc(OC)cc1)C(=O)COc1ccc(Br)c(C)c1. The molecule has 7 heteroatoms. The molecule has 0 heterocycles. The second kappa shape index (κ2) is 11.7. The first kappa shape index (κ1) is 24.7. The predicted octanol–water partition coefficient (Wildman–Crippen LogP) is 4.48. The van der Waals surface area contributed by atoms with Gasteiger partial charge in [-0.3, -0.25) is 9.59 Å². The lowest BCUT2D eigenvalue weighted by Gasteiger charge is -2.31. The minimum atomic E-state index is -0.591. The van der Waals surface area contributed by atoms with Crippen LogP contribution in [0.15, 0.2) is 46.9 Å². The molecule has 168 valence electrons. The van der Waals surface area contributed by atoms with E-state index in [9.17, 15) is 9.59 Å². The van der Waals surface area contributed by atoms with Crippen molar-refractivity contribution in [3.8, 4) is 11.5 Å². The fraction of sp³-hybridized carbons (Fsp3) is 0.417. The molecule has 0 fully saturated rings. The summed E-state index contributed by atoms with van der Waals surface area (Å²) in [6.07, 6.45) is 0.498. The average molecular weight is 491 g/mol. The Hall–Kier alpha value is -2.54. The minimum Gasteiger partial charge on any atom is -0.497 e. The summed E-state index contributed by atoms with van der Waals surface area (Å²) in [5.74, 6) is 0.930. The lowest BCUT2D eigenvalue weighted by Crippen LogP contribution is -2.51. The van der Waals surface area contributed by atoms with Gasteiger partial charge in [-0.25, -0.2) is 0 Å². The van der Waals surface area contributed by atoms with Crippen molar-refractivity contribution in [1.29, 1.82) is 0 Å². The zero-order chi connectivity index (χ0) is 23.0. The van der Waals surface area contributed by atoms with Crippen molar-refractivity contribution >= 4 is 27.7 Å². The third kappa shape index (κ3) is 7.28. The van der Waals surface area contributed by atoms with Crippen molar-refractivity contribution in [1.82, 2.24) is 10.2 Å². The molecule has 6 nitrogen and oxygen atoms in total. The number of nitrogens with one attached hydrogen (secondary N) is 1. The van der Waals surface area contributed by atoms with E-state index in [0.29, 0.717) is 18.7 Å². The lowest BCUT2D eigenvalue weighted by molar-refractivity contribution is -0.143. The van der Waals surface area contributed by atoms with Crippen LogP contribution in [-0.4, -0.2) is 42.5 Å². The number of amides is 2. The summed E-state index contributed by atoms with van der Waals surface area (Å²) < 4.78 is 11.9. The summed E-state index contributed by atoms with van der Waals surface area (Å²) in [7, 11) is 1.61. The highest BCUT2D eigenvalue weighted by atomic mass is 79.9. The van der Waals surface area contributed by atoms with E-state index in [1.54, 1.807) is 18.1 Å². The van der Waals surface area contributed by atoms with Crippen LogP contribution < -0.4 is 14.8 Å². The van der Waals surface area contributed by atoms with Crippen molar-refractivity contribution in [3.63, 3.8) is 0 Å². The van der Waals surface area contributed by atoms with Crippen LogP contribution in [0.2, 0.25) is 0 Å². The average Bonchev–Trinajstić information content (AvgIpc) is 2.74. The molecule has 0 saturated carbocycles. The van der Waals surface area contributed by atoms with Gasteiger partial charge < -0.3 is 19.7 Å². The summed E-state index contributed by atoms with van der Waals surface area (Å²) in [6, 6.07) is 12.4. The summed E-state index contributed by atoms with van der Waals surface area (Å²) in [6.45, 7) is 7.81. The molecule has 31 heavy (non-hydrogen) atoms. The van der Waals surface area contributed by atoms with E-state index in [4.69, 9.17) is 9.47 Å². The quantitative estimate of drug-likeness (QED) is 0.533. The molecular weight excluding hydrogens is 460 g/mol. The molecule has 0 aromatic heterocycles. The van der Waals surface area contributed by atoms with Gasteiger partial charge in [0.2, 0.25) is 5.91 Å². The molecule has 0 saturated heterocycles. The fourth-order valence-electron chi connectivity index (χ4n) is 3.16. The molecule has 2 aromatic carbocycles. The lowest BCUT2D eigenvalue weighted by atomic mass is 10.1. The van der Waals surface area contributed by atoms with Crippen LogP contribution in [0, 0.1) is 6.92 Å². The van der Waals surface area contributed by atoms with Gasteiger partial charge >= 0.3 is 0 Å². The molecule has 0 aliphatic rings. The molecule has 2 rings (SSSR count). The number of aryl methyl sites for hydroxylation is 1. The number of hydrogen-bond donors (Lipinski definition) is 1. The zero-order valence-corrected chi connectivity index (χ0v) is 20.4. The number of ether oxygens (including phenoxy) is 2. The molecule has 0 aliphatic carbocycles. The van der Waals surface area contributed by atoms with Crippen molar-refractivity contribution < 1.29 is 19.1 Å². The van der Waals surface area contributed by atoms with E-state index in [1.165, 1.54) is 0 Å². The van der Waals surface area contributed by atoms with Gasteiger partial charge in [0.25, 0.3) is 5.91 Å². The number of carbonyl (C=O) groups is 2. The number of carbonyl (C=O) groups excluding carboxylic acids is 2. The highest BCUT2D eigenvalue weighted by Crippen LogP contribution is 2.22. The third-order valence-electron chi connectivity index (χ3n) is 4.82. The number of benzene rings is 2. The standard InChI is InChI=1S/C24H31BrN2O4/c1-6-22(24(29)26-16(2)3)27(14-18-7-9-19(30-5)10-8-18)23(28)15-31-20-11-12-21(25)17(4)13-20/h7-13,16,22H,6,14-15H2,1-5H3,(H,26,29)/t22-/m1/s1. The normalized spacial score (nSPS) is 11.7. The maximum atomic E-state index is 13.2. The molecule has 2 amide bonds. The largest absolute Gasteiger partial charge is 0.497 e. The zero-order valence-electron chi connectivity index (χ0n) is 18.8. The van der Waals surface area contributed by atoms with Gasteiger partial charge in [0.05, 0.1) is 7.11 Å². The maximum Gasteiger partial charge on any atom is 0.261 e. The maximum absolute atomic E-state index is 13.2. The molecule has 0 spiro atoms. The van der Waals surface area contributed by atoms with Gasteiger partial charge in [-0.1, -0.05) is 35.0 Å². The first-order chi connectivity index (χ1) is 14.7. The molecular formula is C24H31BrN2O4. The molecule has 0 radical (unpaired) electrons. The minimum absolute atomic E-state index is 0.0125. The van der Waals surface area contributed by atoms with Crippen LogP contribution in [0.5, 0.6) is 11.5 Å². The van der Waals surface area contributed by atoms with E-state index >= 15 is 0 Å². The Kier molecular flexibility index (Phi) is 9.37. The van der Waals surface area contributed by atoms with Crippen molar-refractivity contribution in [3.05, 3.63) is 58.1 Å². The third-order valence-corrected chi connectivity index (χ3v) is 5.71. The van der Waals surface area contributed by atoms with Crippen LogP contribution in [0.4, 0.5) is 0 Å². The second-order valence-electron chi connectivity index (χ2n) is 7.66. The summed E-state index contributed by atoms with van der Waals surface area (Å²) >= 11 is 3.46. The van der Waals surface area contributed by atoms with Crippen LogP contribution in [0.25, 0.3) is 0 Å². The summed E-state index contributed by atoms with van der Waals surface area (Å²) in [5.41, 5.74) is 1.92. The fourth-order valence-corrected chi connectivity index (χ4v) is 3.41.